The predicted octanol–water partition coefficient (Wildman–Crippen LogP) is 2.86. The first-order chi connectivity index (χ1) is 10.5. The monoisotopic (exact) mass is 302 g/mol. The van der Waals surface area contributed by atoms with Crippen LogP contribution in [0.25, 0.3) is 0 Å². The zero-order valence-electron chi connectivity index (χ0n) is 14.0. The maximum atomic E-state index is 12.7. The summed E-state index contributed by atoms with van der Waals surface area (Å²) in [4.78, 5) is 28.6. The van der Waals surface area contributed by atoms with Gasteiger partial charge in [0, 0.05) is 25.2 Å². The van der Waals surface area contributed by atoms with Crippen molar-refractivity contribution < 1.29 is 9.59 Å². The molecule has 0 bridgehead atoms. The number of hydrogen-bond acceptors (Lipinski definition) is 2. The number of nitrogens with zero attached hydrogens (tertiary/aromatic N) is 2. The molecule has 1 saturated heterocycles. The highest BCUT2D eigenvalue weighted by molar-refractivity contribution is 6.00. The van der Waals surface area contributed by atoms with Crippen molar-refractivity contribution in [3.63, 3.8) is 0 Å². The number of carbonyl (C=O) groups excluding carboxylic acids is 2. The van der Waals surface area contributed by atoms with Crippen molar-refractivity contribution in [1.29, 1.82) is 0 Å². The van der Waals surface area contributed by atoms with E-state index >= 15 is 0 Å². The molecule has 2 rings (SSSR count). The van der Waals surface area contributed by atoms with Crippen LogP contribution in [0.15, 0.2) is 24.3 Å². The molecule has 0 unspecified atom stereocenters. The molecular formula is C18H26N2O2. The molecule has 0 aliphatic carbocycles. The van der Waals surface area contributed by atoms with Gasteiger partial charge in [0.1, 0.15) is 6.04 Å². The van der Waals surface area contributed by atoms with E-state index in [-0.39, 0.29) is 17.9 Å². The summed E-state index contributed by atoms with van der Waals surface area (Å²) >= 11 is 0. The van der Waals surface area contributed by atoms with Crippen molar-refractivity contribution in [1.82, 2.24) is 4.90 Å². The Morgan fingerprint density at radius 2 is 1.95 bits per heavy atom. The topological polar surface area (TPSA) is 40.6 Å². The number of anilines is 1. The second-order valence-electron chi connectivity index (χ2n) is 6.33. The molecule has 1 fully saturated rings. The quantitative estimate of drug-likeness (QED) is 0.858. The van der Waals surface area contributed by atoms with Crippen molar-refractivity contribution in [3.8, 4) is 0 Å². The Morgan fingerprint density at radius 1 is 1.27 bits per heavy atom. The molecule has 4 nitrogen and oxygen atoms in total. The lowest BCUT2D eigenvalue weighted by Crippen LogP contribution is -2.58. The van der Waals surface area contributed by atoms with Crippen LogP contribution in [0.4, 0.5) is 5.69 Å². The maximum absolute atomic E-state index is 12.7. The molecule has 4 heteroatoms. The lowest BCUT2D eigenvalue weighted by Gasteiger charge is -2.40. The van der Waals surface area contributed by atoms with Crippen molar-refractivity contribution >= 4 is 17.5 Å². The summed E-state index contributed by atoms with van der Waals surface area (Å²) in [5.41, 5.74) is 2.16. The molecule has 0 saturated carbocycles. The second kappa shape index (κ2) is 6.95. The Bertz CT molecular complexity index is 554. The van der Waals surface area contributed by atoms with Gasteiger partial charge in [-0.3, -0.25) is 9.59 Å². The molecule has 1 aromatic rings. The minimum absolute atomic E-state index is 0.0178. The molecule has 1 aliphatic rings. The lowest BCUT2D eigenvalue weighted by atomic mass is 10.0. The van der Waals surface area contributed by atoms with E-state index in [1.54, 1.807) is 4.90 Å². The predicted molar refractivity (Wildman–Crippen MR) is 88.8 cm³/mol. The van der Waals surface area contributed by atoms with Crippen molar-refractivity contribution in [2.45, 2.75) is 46.6 Å². The Kier molecular flexibility index (Phi) is 5.22. The number of aryl methyl sites for hydroxylation is 1. The van der Waals surface area contributed by atoms with E-state index in [2.05, 4.69) is 13.0 Å². The van der Waals surface area contributed by atoms with Crippen LogP contribution in [0.3, 0.4) is 0 Å². The van der Waals surface area contributed by atoms with Gasteiger partial charge in [0.25, 0.3) is 0 Å². The average Bonchev–Trinajstić information content (AvgIpc) is 2.49. The standard InChI is InChI=1S/C18H26N2O2/c1-5-15-8-6-7-9-16(15)20-11-10-19(14(4)18(20)22)17(21)12-13(2)3/h6-9,13-14H,5,10-12H2,1-4H3/t14-/m0/s1. The van der Waals surface area contributed by atoms with Gasteiger partial charge in [-0.2, -0.15) is 0 Å². The smallest absolute Gasteiger partial charge is 0.249 e. The summed E-state index contributed by atoms with van der Waals surface area (Å²) in [5.74, 6) is 0.414. The fourth-order valence-electron chi connectivity index (χ4n) is 2.99. The Labute approximate surface area is 133 Å². The number of benzene rings is 1. The van der Waals surface area contributed by atoms with E-state index in [1.807, 2.05) is 43.9 Å². The van der Waals surface area contributed by atoms with Gasteiger partial charge in [0.05, 0.1) is 0 Å². The SMILES string of the molecule is CCc1ccccc1N1CCN(C(=O)CC(C)C)[C@@H](C)C1=O. The van der Waals surface area contributed by atoms with Crippen LogP contribution in [0, 0.1) is 5.92 Å². The molecule has 1 atom stereocenters. The number of piperazine rings is 1. The molecule has 1 aromatic carbocycles. The van der Waals surface area contributed by atoms with Crippen LogP contribution in [-0.4, -0.2) is 35.8 Å². The van der Waals surface area contributed by atoms with E-state index in [0.717, 1.165) is 12.1 Å². The van der Waals surface area contributed by atoms with E-state index < -0.39 is 0 Å². The molecule has 2 amide bonds. The van der Waals surface area contributed by atoms with Gasteiger partial charge in [-0.15, -0.1) is 0 Å². The zero-order valence-corrected chi connectivity index (χ0v) is 14.0. The Morgan fingerprint density at radius 3 is 2.59 bits per heavy atom. The number of para-hydroxylation sites is 1. The van der Waals surface area contributed by atoms with E-state index in [9.17, 15) is 9.59 Å². The van der Waals surface area contributed by atoms with E-state index in [0.29, 0.717) is 25.4 Å². The fourth-order valence-corrected chi connectivity index (χ4v) is 2.99. The summed E-state index contributed by atoms with van der Waals surface area (Å²) < 4.78 is 0. The largest absolute Gasteiger partial charge is 0.329 e. The van der Waals surface area contributed by atoms with Gasteiger partial charge in [-0.1, -0.05) is 39.0 Å². The number of amides is 2. The van der Waals surface area contributed by atoms with Gasteiger partial charge in [-0.05, 0) is 30.9 Å². The van der Waals surface area contributed by atoms with E-state index in [4.69, 9.17) is 0 Å². The van der Waals surface area contributed by atoms with Crippen LogP contribution in [0.5, 0.6) is 0 Å². The summed E-state index contributed by atoms with van der Waals surface area (Å²) in [6.45, 7) is 9.16. The van der Waals surface area contributed by atoms with Gasteiger partial charge in [0.15, 0.2) is 0 Å². The molecular weight excluding hydrogens is 276 g/mol. The van der Waals surface area contributed by atoms with Gasteiger partial charge in [0.2, 0.25) is 11.8 Å². The lowest BCUT2D eigenvalue weighted by molar-refractivity contribution is -0.141. The summed E-state index contributed by atoms with van der Waals surface area (Å²) in [5, 5.41) is 0. The molecule has 1 heterocycles. The molecule has 0 N–H and O–H groups in total. The van der Waals surface area contributed by atoms with Crippen molar-refractivity contribution in [2.24, 2.45) is 5.92 Å². The van der Waals surface area contributed by atoms with Crippen LogP contribution in [0.2, 0.25) is 0 Å². The van der Waals surface area contributed by atoms with Crippen LogP contribution < -0.4 is 4.90 Å². The first-order valence-corrected chi connectivity index (χ1v) is 8.14. The zero-order chi connectivity index (χ0) is 16.3. The minimum atomic E-state index is -0.384. The van der Waals surface area contributed by atoms with Gasteiger partial charge < -0.3 is 9.80 Å². The Balaban J connectivity index is 2.17. The highest BCUT2D eigenvalue weighted by atomic mass is 16.2. The highest BCUT2D eigenvalue weighted by Gasteiger charge is 2.35. The number of carbonyl (C=O) groups is 2. The molecule has 22 heavy (non-hydrogen) atoms. The molecule has 1 aliphatic heterocycles. The third-order valence-corrected chi connectivity index (χ3v) is 4.22. The average molecular weight is 302 g/mol. The highest BCUT2D eigenvalue weighted by Crippen LogP contribution is 2.25. The molecule has 0 radical (unpaired) electrons. The summed E-state index contributed by atoms with van der Waals surface area (Å²) in [6.07, 6.45) is 1.40. The first-order valence-electron chi connectivity index (χ1n) is 8.14. The van der Waals surface area contributed by atoms with Crippen molar-refractivity contribution in [3.05, 3.63) is 29.8 Å². The van der Waals surface area contributed by atoms with Crippen LogP contribution in [-0.2, 0) is 16.0 Å². The van der Waals surface area contributed by atoms with E-state index in [1.165, 1.54) is 5.56 Å². The van der Waals surface area contributed by atoms with Gasteiger partial charge >= 0.3 is 0 Å². The van der Waals surface area contributed by atoms with Gasteiger partial charge in [-0.25, -0.2) is 0 Å². The third-order valence-electron chi connectivity index (χ3n) is 4.22. The second-order valence-corrected chi connectivity index (χ2v) is 6.33. The minimum Gasteiger partial charge on any atom is -0.329 e. The normalized spacial score (nSPS) is 19.0. The Hall–Kier alpha value is -1.84. The summed E-state index contributed by atoms with van der Waals surface area (Å²) in [6, 6.07) is 7.63. The van der Waals surface area contributed by atoms with Crippen LogP contribution in [0.1, 0.15) is 39.7 Å². The number of hydrogen-bond donors (Lipinski definition) is 0. The maximum Gasteiger partial charge on any atom is 0.249 e. The third kappa shape index (κ3) is 3.32. The van der Waals surface area contributed by atoms with Crippen LogP contribution >= 0.6 is 0 Å². The molecule has 0 spiro atoms. The number of rotatable bonds is 4. The molecule has 120 valence electrons. The summed E-state index contributed by atoms with van der Waals surface area (Å²) in [7, 11) is 0. The first kappa shape index (κ1) is 16.5. The molecule has 0 aromatic heterocycles. The fraction of sp³-hybridized carbons (Fsp3) is 0.556. The van der Waals surface area contributed by atoms with Crippen molar-refractivity contribution in [2.75, 3.05) is 18.0 Å².